The lowest BCUT2D eigenvalue weighted by Gasteiger charge is -2.30. The SMILES string of the molecule is CCCC1COC(Cn2cncn2)(c2ccc(O[Si](C)(C)C)cc2Cl)O1. The first-order chi connectivity index (χ1) is 12.3. The number of hydrogen-bond donors (Lipinski definition) is 0. The van der Waals surface area contributed by atoms with Gasteiger partial charge in [-0.15, -0.1) is 0 Å². The largest absolute Gasteiger partial charge is 0.544 e. The zero-order valence-electron chi connectivity index (χ0n) is 15.7. The number of halogens is 1. The van der Waals surface area contributed by atoms with E-state index in [9.17, 15) is 0 Å². The van der Waals surface area contributed by atoms with Crippen LogP contribution in [0.15, 0.2) is 30.9 Å². The lowest BCUT2D eigenvalue weighted by atomic mass is 10.1. The van der Waals surface area contributed by atoms with Gasteiger partial charge in [-0.2, -0.15) is 5.10 Å². The molecule has 0 aliphatic carbocycles. The molecule has 142 valence electrons. The molecular weight excluding hydrogens is 370 g/mol. The van der Waals surface area contributed by atoms with Crippen LogP contribution in [0.2, 0.25) is 24.7 Å². The van der Waals surface area contributed by atoms with Gasteiger partial charge in [-0.05, 0) is 44.3 Å². The summed E-state index contributed by atoms with van der Waals surface area (Å²) in [5.41, 5.74) is 0.788. The van der Waals surface area contributed by atoms with E-state index in [0.717, 1.165) is 24.2 Å². The predicted molar refractivity (Wildman–Crippen MR) is 103 cm³/mol. The molecule has 0 radical (unpaired) electrons. The first-order valence-corrected chi connectivity index (χ1v) is 12.7. The molecule has 2 atom stereocenters. The molecule has 0 amide bonds. The van der Waals surface area contributed by atoms with Gasteiger partial charge >= 0.3 is 0 Å². The molecule has 0 saturated carbocycles. The van der Waals surface area contributed by atoms with Crippen molar-refractivity contribution in [2.45, 2.75) is 57.8 Å². The van der Waals surface area contributed by atoms with Crippen molar-refractivity contribution in [3.63, 3.8) is 0 Å². The summed E-state index contributed by atoms with van der Waals surface area (Å²) in [6.07, 6.45) is 5.16. The molecule has 2 aromatic rings. The standard InChI is InChI=1S/C18H26ClN3O3Si/c1-5-6-15-10-23-18(24-15,11-22-13-20-12-21-22)16-8-7-14(9-17(16)19)25-26(2,3)4/h7-9,12-13,15H,5-6,10-11H2,1-4H3. The molecule has 2 unspecified atom stereocenters. The molecule has 6 nitrogen and oxygen atoms in total. The lowest BCUT2D eigenvalue weighted by Crippen LogP contribution is -2.34. The molecule has 1 aliphatic heterocycles. The van der Waals surface area contributed by atoms with E-state index in [1.54, 1.807) is 11.0 Å². The van der Waals surface area contributed by atoms with Crippen LogP contribution in [0.1, 0.15) is 25.3 Å². The highest BCUT2D eigenvalue weighted by Gasteiger charge is 2.45. The third kappa shape index (κ3) is 4.46. The average Bonchev–Trinajstić information content (AvgIpc) is 3.17. The molecule has 1 saturated heterocycles. The van der Waals surface area contributed by atoms with Crippen LogP contribution in [0, 0.1) is 0 Å². The van der Waals surface area contributed by atoms with E-state index in [4.69, 9.17) is 25.5 Å². The second-order valence-electron chi connectivity index (χ2n) is 7.54. The van der Waals surface area contributed by atoms with Crippen LogP contribution in [-0.2, 0) is 21.8 Å². The van der Waals surface area contributed by atoms with Crippen LogP contribution in [0.3, 0.4) is 0 Å². The van der Waals surface area contributed by atoms with Crippen molar-refractivity contribution < 1.29 is 13.9 Å². The van der Waals surface area contributed by atoms with E-state index in [1.807, 2.05) is 18.2 Å². The summed E-state index contributed by atoms with van der Waals surface area (Å²) >= 11 is 6.62. The van der Waals surface area contributed by atoms with Crippen LogP contribution in [0.25, 0.3) is 0 Å². The first kappa shape index (κ1) is 19.4. The fourth-order valence-corrected chi connectivity index (χ4v) is 4.24. The predicted octanol–water partition coefficient (Wildman–Crippen LogP) is 4.21. The van der Waals surface area contributed by atoms with Crippen LogP contribution in [0.4, 0.5) is 0 Å². The number of ether oxygens (including phenoxy) is 2. The summed E-state index contributed by atoms with van der Waals surface area (Å²) in [5, 5.41) is 4.77. The van der Waals surface area contributed by atoms with Crippen molar-refractivity contribution >= 4 is 19.9 Å². The van der Waals surface area contributed by atoms with Crippen LogP contribution >= 0.6 is 11.6 Å². The van der Waals surface area contributed by atoms with E-state index < -0.39 is 14.1 Å². The van der Waals surface area contributed by atoms with Gasteiger partial charge in [0.2, 0.25) is 14.1 Å². The van der Waals surface area contributed by atoms with Gasteiger partial charge in [0, 0.05) is 5.56 Å². The molecular formula is C18H26ClN3O3Si. The summed E-state index contributed by atoms with van der Waals surface area (Å²) < 4.78 is 20.3. The smallest absolute Gasteiger partial charge is 0.242 e. The normalized spacial score (nSPS) is 23.3. The molecule has 0 bridgehead atoms. The van der Waals surface area contributed by atoms with Gasteiger partial charge in [0.05, 0.1) is 17.7 Å². The molecule has 1 aromatic carbocycles. The number of benzene rings is 1. The summed E-state index contributed by atoms with van der Waals surface area (Å²) in [4.78, 5) is 4.01. The monoisotopic (exact) mass is 395 g/mol. The van der Waals surface area contributed by atoms with Crippen molar-refractivity contribution in [2.24, 2.45) is 0 Å². The third-order valence-electron chi connectivity index (χ3n) is 4.08. The van der Waals surface area contributed by atoms with Gasteiger partial charge in [-0.25, -0.2) is 9.67 Å². The number of rotatable bonds is 7. The maximum atomic E-state index is 6.62. The molecule has 1 aromatic heterocycles. The van der Waals surface area contributed by atoms with Crippen molar-refractivity contribution in [3.05, 3.63) is 41.4 Å². The van der Waals surface area contributed by atoms with E-state index >= 15 is 0 Å². The molecule has 3 rings (SSSR count). The Morgan fingerprint density at radius 2 is 2.19 bits per heavy atom. The van der Waals surface area contributed by atoms with Crippen molar-refractivity contribution in [2.75, 3.05) is 6.61 Å². The van der Waals surface area contributed by atoms with Crippen LogP contribution < -0.4 is 4.43 Å². The van der Waals surface area contributed by atoms with Gasteiger partial charge in [-0.1, -0.05) is 24.9 Å². The average molecular weight is 396 g/mol. The Morgan fingerprint density at radius 1 is 1.38 bits per heavy atom. The fraction of sp³-hybridized carbons (Fsp3) is 0.556. The fourth-order valence-electron chi connectivity index (χ4n) is 3.09. The number of hydrogen-bond acceptors (Lipinski definition) is 5. The van der Waals surface area contributed by atoms with Gasteiger partial charge in [0.1, 0.15) is 24.9 Å². The Kier molecular flexibility index (Phi) is 5.72. The molecule has 26 heavy (non-hydrogen) atoms. The Bertz CT molecular complexity index is 736. The minimum Gasteiger partial charge on any atom is -0.544 e. The third-order valence-corrected chi connectivity index (χ3v) is 5.24. The zero-order chi connectivity index (χ0) is 18.8. The van der Waals surface area contributed by atoms with Crippen molar-refractivity contribution in [1.82, 2.24) is 14.8 Å². The Hall–Kier alpha value is -1.41. The van der Waals surface area contributed by atoms with Crippen LogP contribution in [-0.4, -0.2) is 35.8 Å². The molecule has 0 N–H and O–H groups in total. The summed E-state index contributed by atoms with van der Waals surface area (Å²) in [7, 11) is -1.71. The van der Waals surface area contributed by atoms with E-state index in [0.29, 0.717) is 18.2 Å². The zero-order valence-corrected chi connectivity index (χ0v) is 17.5. The van der Waals surface area contributed by atoms with E-state index in [1.165, 1.54) is 6.33 Å². The van der Waals surface area contributed by atoms with E-state index in [2.05, 4.69) is 36.6 Å². The molecule has 2 heterocycles. The summed E-state index contributed by atoms with van der Waals surface area (Å²) in [6.45, 7) is 9.47. The molecule has 0 spiro atoms. The second-order valence-corrected chi connectivity index (χ2v) is 12.4. The van der Waals surface area contributed by atoms with E-state index in [-0.39, 0.29) is 6.10 Å². The molecule has 8 heteroatoms. The Morgan fingerprint density at radius 3 is 2.81 bits per heavy atom. The lowest BCUT2D eigenvalue weighted by molar-refractivity contribution is -0.189. The maximum Gasteiger partial charge on any atom is 0.242 e. The summed E-state index contributed by atoms with van der Waals surface area (Å²) in [6, 6.07) is 5.71. The maximum absolute atomic E-state index is 6.62. The topological polar surface area (TPSA) is 58.4 Å². The number of nitrogens with zero attached hydrogens (tertiary/aromatic N) is 3. The van der Waals surface area contributed by atoms with Gasteiger partial charge in [0.25, 0.3) is 0 Å². The minimum atomic E-state index is -1.71. The number of aromatic nitrogens is 3. The Labute approximate surface area is 160 Å². The van der Waals surface area contributed by atoms with Gasteiger partial charge in [-0.3, -0.25) is 0 Å². The second kappa shape index (κ2) is 7.68. The highest BCUT2D eigenvalue weighted by molar-refractivity contribution is 6.70. The first-order valence-electron chi connectivity index (χ1n) is 8.94. The van der Waals surface area contributed by atoms with Gasteiger partial charge < -0.3 is 13.9 Å². The van der Waals surface area contributed by atoms with Crippen molar-refractivity contribution in [1.29, 1.82) is 0 Å². The van der Waals surface area contributed by atoms with Gasteiger partial charge in [0.15, 0.2) is 0 Å². The highest BCUT2D eigenvalue weighted by Crippen LogP contribution is 2.41. The quantitative estimate of drug-likeness (QED) is 0.657. The molecule has 1 aliphatic rings. The van der Waals surface area contributed by atoms with Crippen molar-refractivity contribution in [3.8, 4) is 5.75 Å². The summed E-state index contributed by atoms with van der Waals surface area (Å²) in [5.74, 6) is -0.195. The highest BCUT2D eigenvalue weighted by atomic mass is 35.5. The Balaban J connectivity index is 1.92. The van der Waals surface area contributed by atoms with Crippen LogP contribution in [0.5, 0.6) is 5.75 Å². The molecule has 1 fully saturated rings. The minimum absolute atomic E-state index is 0.0393.